The lowest BCUT2D eigenvalue weighted by Crippen LogP contribution is -2.00. The minimum Gasteiger partial charge on any atom is -0.285 e. The molecule has 0 aromatic carbocycles. The molecule has 0 aromatic rings. The monoisotopic (exact) mass is 162 g/mol. The summed E-state index contributed by atoms with van der Waals surface area (Å²) in [5.74, 6) is 6.21. The van der Waals surface area contributed by atoms with Gasteiger partial charge >= 0.3 is 0 Å². The third kappa shape index (κ3) is 2.92. The fourth-order valence-electron chi connectivity index (χ4n) is 1.25. The van der Waals surface area contributed by atoms with Crippen LogP contribution in [-0.4, -0.2) is 5.78 Å². The Hall–Kier alpha value is -1.03. The lowest BCUT2D eigenvalue weighted by Gasteiger charge is -2.14. The van der Waals surface area contributed by atoms with Gasteiger partial charge in [0.1, 0.15) is 0 Å². The fraction of sp³-hybridized carbons (Fsp3) is 0.545. The van der Waals surface area contributed by atoms with Crippen molar-refractivity contribution < 1.29 is 4.79 Å². The lowest BCUT2D eigenvalue weighted by atomic mass is 9.91. The molecule has 64 valence electrons. The molecule has 0 aliphatic heterocycles. The van der Waals surface area contributed by atoms with Crippen LogP contribution in [0.3, 0.4) is 0 Å². The highest BCUT2D eigenvalue weighted by atomic mass is 16.1. The number of hydrogen-bond acceptors (Lipinski definition) is 1. The molecule has 1 atom stereocenters. The maximum absolute atomic E-state index is 10.5. The number of rotatable bonds is 0. The molecule has 0 saturated heterocycles. The van der Waals surface area contributed by atoms with E-state index in [-0.39, 0.29) is 5.78 Å². The SMILES string of the molecule is CC(=O)C#CC1=CCC(C)CC1. The van der Waals surface area contributed by atoms with E-state index in [2.05, 4.69) is 24.8 Å². The summed E-state index contributed by atoms with van der Waals surface area (Å²) in [6.45, 7) is 3.74. The number of hydrogen-bond donors (Lipinski definition) is 0. The second kappa shape index (κ2) is 4.11. The van der Waals surface area contributed by atoms with E-state index in [1.54, 1.807) is 0 Å². The van der Waals surface area contributed by atoms with Crippen molar-refractivity contribution in [1.82, 2.24) is 0 Å². The summed E-state index contributed by atoms with van der Waals surface area (Å²) in [5, 5.41) is 0. The zero-order valence-corrected chi connectivity index (χ0v) is 7.68. The third-order valence-corrected chi connectivity index (χ3v) is 2.07. The molecule has 1 heteroatoms. The van der Waals surface area contributed by atoms with Crippen LogP contribution in [0, 0.1) is 17.8 Å². The molecule has 1 unspecified atom stereocenters. The first-order valence-electron chi connectivity index (χ1n) is 4.40. The average molecular weight is 162 g/mol. The Bertz CT molecular complexity index is 262. The van der Waals surface area contributed by atoms with Gasteiger partial charge in [0.2, 0.25) is 5.78 Å². The van der Waals surface area contributed by atoms with Crippen LogP contribution in [0.1, 0.15) is 33.1 Å². The van der Waals surface area contributed by atoms with Crippen molar-refractivity contribution in [2.24, 2.45) is 5.92 Å². The lowest BCUT2D eigenvalue weighted by molar-refractivity contribution is -0.111. The van der Waals surface area contributed by atoms with Crippen LogP contribution in [0.4, 0.5) is 0 Å². The van der Waals surface area contributed by atoms with Gasteiger partial charge in [-0.15, -0.1) is 0 Å². The Labute approximate surface area is 73.9 Å². The van der Waals surface area contributed by atoms with Gasteiger partial charge in [0.25, 0.3) is 0 Å². The number of Topliss-reactive ketones (excluding diaryl/α,β-unsaturated/α-hetero) is 1. The molecule has 1 rings (SSSR count). The van der Waals surface area contributed by atoms with Gasteiger partial charge in [0, 0.05) is 6.92 Å². The minimum absolute atomic E-state index is 0.0467. The summed E-state index contributed by atoms with van der Waals surface area (Å²) in [5.41, 5.74) is 1.14. The number of ketones is 1. The molecular formula is C11H14O. The molecule has 12 heavy (non-hydrogen) atoms. The van der Waals surface area contributed by atoms with Crippen LogP contribution in [0.15, 0.2) is 11.6 Å². The first-order chi connectivity index (χ1) is 5.68. The zero-order valence-electron chi connectivity index (χ0n) is 7.68. The Kier molecular flexibility index (Phi) is 3.10. The highest BCUT2D eigenvalue weighted by molar-refractivity contribution is 5.93. The molecule has 0 bridgehead atoms. The van der Waals surface area contributed by atoms with Crippen molar-refractivity contribution in [3.63, 3.8) is 0 Å². The number of carbonyl (C=O) groups excluding carboxylic acids is 1. The largest absolute Gasteiger partial charge is 0.285 e. The Morgan fingerprint density at radius 1 is 1.67 bits per heavy atom. The summed E-state index contributed by atoms with van der Waals surface area (Å²) in [6.07, 6.45) is 5.52. The van der Waals surface area contributed by atoms with Gasteiger partial charge < -0.3 is 0 Å². The molecular weight excluding hydrogens is 148 g/mol. The van der Waals surface area contributed by atoms with Crippen molar-refractivity contribution in [1.29, 1.82) is 0 Å². The summed E-state index contributed by atoms with van der Waals surface area (Å²) >= 11 is 0. The average Bonchev–Trinajstić information content (AvgIpc) is 2.03. The standard InChI is InChI=1S/C11H14O/c1-9-3-6-11(7-4-9)8-5-10(2)12/h6,9H,3-4,7H2,1-2H3. The molecule has 0 fully saturated rings. The van der Waals surface area contributed by atoms with Gasteiger partial charge in [-0.2, -0.15) is 0 Å². The van der Waals surface area contributed by atoms with E-state index in [0.29, 0.717) is 0 Å². The predicted octanol–water partition coefficient (Wildman–Crippen LogP) is 2.33. The molecule has 0 heterocycles. The quantitative estimate of drug-likeness (QED) is 0.394. The normalized spacial score (nSPS) is 22.2. The highest BCUT2D eigenvalue weighted by Gasteiger charge is 2.07. The van der Waals surface area contributed by atoms with Crippen LogP contribution in [0.2, 0.25) is 0 Å². The fourth-order valence-corrected chi connectivity index (χ4v) is 1.25. The first kappa shape index (κ1) is 9.06. The first-order valence-corrected chi connectivity index (χ1v) is 4.40. The van der Waals surface area contributed by atoms with E-state index < -0.39 is 0 Å². The van der Waals surface area contributed by atoms with E-state index >= 15 is 0 Å². The molecule has 1 aliphatic carbocycles. The summed E-state index contributed by atoms with van der Waals surface area (Å²) < 4.78 is 0. The van der Waals surface area contributed by atoms with E-state index in [9.17, 15) is 4.79 Å². The summed E-state index contributed by atoms with van der Waals surface area (Å²) in [4.78, 5) is 10.5. The van der Waals surface area contributed by atoms with Gasteiger partial charge in [0.15, 0.2) is 0 Å². The van der Waals surface area contributed by atoms with Crippen LogP contribution < -0.4 is 0 Å². The van der Waals surface area contributed by atoms with Gasteiger partial charge in [-0.25, -0.2) is 0 Å². The Balaban J connectivity index is 2.56. The number of carbonyl (C=O) groups is 1. The smallest absolute Gasteiger partial charge is 0.202 e. The van der Waals surface area contributed by atoms with Gasteiger partial charge in [0.05, 0.1) is 0 Å². The van der Waals surface area contributed by atoms with Crippen molar-refractivity contribution >= 4 is 5.78 Å². The van der Waals surface area contributed by atoms with Crippen LogP contribution in [0.5, 0.6) is 0 Å². The van der Waals surface area contributed by atoms with Crippen LogP contribution in [-0.2, 0) is 4.79 Å². The molecule has 0 amide bonds. The Morgan fingerprint density at radius 2 is 2.42 bits per heavy atom. The third-order valence-electron chi connectivity index (χ3n) is 2.07. The second-order valence-electron chi connectivity index (χ2n) is 3.42. The van der Waals surface area contributed by atoms with E-state index in [4.69, 9.17) is 0 Å². The van der Waals surface area contributed by atoms with Crippen molar-refractivity contribution in [3.05, 3.63) is 11.6 Å². The molecule has 1 nitrogen and oxygen atoms in total. The van der Waals surface area contributed by atoms with E-state index in [0.717, 1.165) is 24.3 Å². The molecule has 0 radical (unpaired) electrons. The van der Waals surface area contributed by atoms with Crippen molar-refractivity contribution in [2.75, 3.05) is 0 Å². The van der Waals surface area contributed by atoms with E-state index in [1.165, 1.54) is 13.3 Å². The zero-order chi connectivity index (χ0) is 8.97. The summed E-state index contributed by atoms with van der Waals surface area (Å²) in [7, 11) is 0. The summed E-state index contributed by atoms with van der Waals surface area (Å²) in [6, 6.07) is 0. The van der Waals surface area contributed by atoms with Crippen molar-refractivity contribution in [2.45, 2.75) is 33.1 Å². The second-order valence-corrected chi connectivity index (χ2v) is 3.42. The molecule has 0 saturated carbocycles. The molecule has 1 aliphatic rings. The topological polar surface area (TPSA) is 17.1 Å². The maximum atomic E-state index is 10.5. The Morgan fingerprint density at radius 3 is 2.92 bits per heavy atom. The van der Waals surface area contributed by atoms with Crippen LogP contribution >= 0.6 is 0 Å². The highest BCUT2D eigenvalue weighted by Crippen LogP contribution is 2.21. The minimum atomic E-state index is -0.0467. The predicted molar refractivity (Wildman–Crippen MR) is 49.6 cm³/mol. The van der Waals surface area contributed by atoms with Crippen molar-refractivity contribution in [3.8, 4) is 11.8 Å². The molecule has 0 N–H and O–H groups in total. The van der Waals surface area contributed by atoms with Gasteiger partial charge in [-0.05, 0) is 36.7 Å². The number of allylic oxidation sites excluding steroid dienone is 2. The maximum Gasteiger partial charge on any atom is 0.202 e. The van der Waals surface area contributed by atoms with Gasteiger partial charge in [-0.1, -0.05) is 18.9 Å². The van der Waals surface area contributed by atoms with E-state index in [1.807, 2.05) is 0 Å². The molecule has 0 spiro atoms. The van der Waals surface area contributed by atoms with Gasteiger partial charge in [-0.3, -0.25) is 4.79 Å². The van der Waals surface area contributed by atoms with Crippen LogP contribution in [0.25, 0.3) is 0 Å². The molecule has 0 aromatic heterocycles.